The molecule has 0 spiro atoms. The van der Waals surface area contributed by atoms with Crippen LogP contribution in [-0.4, -0.2) is 44.6 Å². The van der Waals surface area contributed by atoms with Gasteiger partial charge in [-0.05, 0) is 42.2 Å². The topological polar surface area (TPSA) is 108 Å². The van der Waals surface area contributed by atoms with E-state index in [9.17, 15) is 24.3 Å². The number of amides is 2. The largest absolute Gasteiger partial charge is 0.480 e. The van der Waals surface area contributed by atoms with Crippen molar-refractivity contribution in [3.63, 3.8) is 0 Å². The van der Waals surface area contributed by atoms with Crippen molar-refractivity contribution in [3.05, 3.63) is 49.9 Å². The molecule has 3 fully saturated rings. The number of carboxylic acids is 1. The van der Waals surface area contributed by atoms with Crippen LogP contribution in [0.2, 0.25) is 0 Å². The fourth-order valence-electron chi connectivity index (χ4n) is 6.65. The second kappa shape index (κ2) is 6.56. The minimum atomic E-state index is -1.17. The van der Waals surface area contributed by atoms with Crippen LogP contribution in [0.15, 0.2) is 34.1 Å². The molecule has 7 atom stereocenters. The van der Waals surface area contributed by atoms with Gasteiger partial charge in [-0.25, -0.2) is 0 Å². The molecule has 2 aliphatic heterocycles. The lowest BCUT2D eigenvalue weighted by molar-refractivity contribution is -0.149. The summed E-state index contributed by atoms with van der Waals surface area (Å²) >= 11 is 2.88. The molecule has 7 nitrogen and oxygen atoms in total. The molecule has 31 heavy (non-hydrogen) atoms. The molecule has 2 amide bonds. The first-order valence-electron chi connectivity index (χ1n) is 10.4. The van der Waals surface area contributed by atoms with E-state index in [0.29, 0.717) is 0 Å². The molecule has 1 aromatic heterocycles. The van der Waals surface area contributed by atoms with Gasteiger partial charge in [0.2, 0.25) is 11.8 Å². The summed E-state index contributed by atoms with van der Waals surface area (Å²) in [6.45, 7) is 1.50. The van der Waals surface area contributed by atoms with Gasteiger partial charge in [-0.3, -0.25) is 24.1 Å². The molecule has 1 aromatic carbocycles. The zero-order chi connectivity index (χ0) is 21.6. The molecule has 0 unspecified atom stereocenters. The van der Waals surface area contributed by atoms with Crippen LogP contribution in [0, 0.1) is 36.5 Å². The molecule has 2 saturated carbocycles. The fourth-order valence-corrected chi connectivity index (χ4v) is 9.53. The first-order valence-corrected chi connectivity index (χ1v) is 12.1. The third-order valence-electron chi connectivity index (χ3n) is 7.63. The van der Waals surface area contributed by atoms with Crippen LogP contribution in [0.25, 0.3) is 0 Å². The Bertz CT molecular complexity index is 1200. The number of imide groups is 1. The van der Waals surface area contributed by atoms with Gasteiger partial charge in [0.25, 0.3) is 0 Å². The van der Waals surface area contributed by atoms with Gasteiger partial charge in [0.1, 0.15) is 6.54 Å². The number of aliphatic carboxylic acids is 1. The second-order valence-electron chi connectivity index (χ2n) is 8.97. The SMILES string of the molecule is Cc1ccccc1[C@H]1c2sc(=O)[nH]c2S[C@@H]2[C@@H]3C[C@H]([C@H]4C(=O)N(CC(=O)O)C(=O)[C@H]34)[C@@H]12. The Labute approximate surface area is 185 Å². The molecule has 160 valence electrons. The Balaban J connectivity index is 1.47. The van der Waals surface area contributed by atoms with E-state index >= 15 is 0 Å². The zero-order valence-corrected chi connectivity index (χ0v) is 18.2. The van der Waals surface area contributed by atoms with Gasteiger partial charge in [0.15, 0.2) is 0 Å². The zero-order valence-electron chi connectivity index (χ0n) is 16.6. The highest BCUT2D eigenvalue weighted by atomic mass is 32.2. The summed E-state index contributed by atoms with van der Waals surface area (Å²) in [6.07, 6.45) is 0.803. The Morgan fingerprint density at radius 2 is 1.87 bits per heavy atom. The predicted molar refractivity (Wildman–Crippen MR) is 114 cm³/mol. The van der Waals surface area contributed by atoms with E-state index in [1.807, 2.05) is 12.1 Å². The molecule has 9 heteroatoms. The molecule has 6 rings (SSSR count). The van der Waals surface area contributed by atoms with Crippen molar-refractivity contribution in [2.75, 3.05) is 6.54 Å². The molecule has 3 heterocycles. The highest BCUT2D eigenvalue weighted by molar-refractivity contribution is 8.00. The minimum Gasteiger partial charge on any atom is -0.480 e. The van der Waals surface area contributed by atoms with Gasteiger partial charge < -0.3 is 10.1 Å². The van der Waals surface area contributed by atoms with Crippen molar-refractivity contribution in [1.29, 1.82) is 0 Å². The number of carbonyl (C=O) groups is 3. The van der Waals surface area contributed by atoms with E-state index in [4.69, 9.17) is 0 Å². The number of fused-ring (bicyclic) bond motifs is 9. The van der Waals surface area contributed by atoms with Gasteiger partial charge in [-0.15, -0.1) is 11.8 Å². The number of carboxylic acid groups (broad SMARTS) is 1. The number of H-pyrrole nitrogens is 1. The van der Waals surface area contributed by atoms with Crippen LogP contribution in [-0.2, 0) is 14.4 Å². The molecule has 1 saturated heterocycles. The number of hydrogen-bond acceptors (Lipinski definition) is 6. The third kappa shape index (κ3) is 2.53. The summed E-state index contributed by atoms with van der Waals surface area (Å²) in [5.74, 6) is -2.54. The number of thiazole rings is 1. The average Bonchev–Trinajstić information content (AvgIpc) is 3.44. The normalized spacial score (nSPS) is 35.3. The number of nitrogens with zero attached hydrogens (tertiary/aromatic N) is 1. The Morgan fingerprint density at radius 3 is 2.58 bits per heavy atom. The van der Waals surface area contributed by atoms with E-state index in [1.165, 1.54) is 11.3 Å². The number of carbonyl (C=O) groups excluding carboxylic acids is 2. The molecule has 2 bridgehead atoms. The molecule has 4 aliphatic rings. The number of nitrogens with one attached hydrogen (secondary N) is 1. The molecular formula is C22H20N2O5S2. The van der Waals surface area contributed by atoms with E-state index in [2.05, 4.69) is 24.0 Å². The number of aromatic nitrogens is 1. The molecule has 2 aliphatic carbocycles. The van der Waals surface area contributed by atoms with Gasteiger partial charge in [-0.2, -0.15) is 0 Å². The lowest BCUT2D eigenvalue weighted by Crippen LogP contribution is -2.42. The predicted octanol–water partition coefficient (Wildman–Crippen LogP) is 2.30. The van der Waals surface area contributed by atoms with Crippen LogP contribution in [0.1, 0.15) is 28.3 Å². The highest BCUT2D eigenvalue weighted by Gasteiger charge is 2.69. The maximum absolute atomic E-state index is 13.1. The van der Waals surface area contributed by atoms with Crippen LogP contribution >= 0.6 is 23.1 Å². The van der Waals surface area contributed by atoms with Crippen LogP contribution in [0.4, 0.5) is 0 Å². The van der Waals surface area contributed by atoms with Gasteiger partial charge >= 0.3 is 10.8 Å². The lowest BCUT2D eigenvalue weighted by atomic mass is 9.67. The van der Waals surface area contributed by atoms with Crippen molar-refractivity contribution in [2.45, 2.75) is 29.5 Å². The lowest BCUT2D eigenvalue weighted by Gasteiger charge is -2.43. The number of rotatable bonds is 3. The number of hydrogen-bond donors (Lipinski definition) is 2. The van der Waals surface area contributed by atoms with Gasteiger partial charge in [0, 0.05) is 16.0 Å². The van der Waals surface area contributed by atoms with Crippen molar-refractivity contribution < 1.29 is 19.5 Å². The maximum Gasteiger partial charge on any atom is 0.323 e. The number of aromatic amines is 1. The molecule has 2 N–H and O–H groups in total. The molecule has 0 radical (unpaired) electrons. The van der Waals surface area contributed by atoms with Crippen molar-refractivity contribution in [1.82, 2.24) is 9.88 Å². The Kier molecular flexibility index (Phi) is 4.08. The summed E-state index contributed by atoms with van der Waals surface area (Å²) in [4.78, 5) is 54.5. The third-order valence-corrected chi connectivity index (χ3v) is 10.2. The van der Waals surface area contributed by atoms with Crippen LogP contribution in [0.5, 0.6) is 0 Å². The summed E-state index contributed by atoms with van der Waals surface area (Å²) < 4.78 is 0. The number of likely N-dealkylation sites (tertiary alicyclic amines) is 1. The van der Waals surface area contributed by atoms with E-state index < -0.39 is 24.3 Å². The standard InChI is InChI=1S/C22H20N2O5S2/c1-8-4-2-3-5-9(8)13-14-10-6-11(17(14)30-19-18(13)31-22(29)23-19)16-15(10)20(27)24(21(16)28)7-12(25)26/h2-5,10-11,13-17H,6-7H2,1H3,(H,23,29)(H,25,26)/t10-,11+,13+,14-,15+,16+,17+/m0/s1. The monoisotopic (exact) mass is 456 g/mol. The number of thioether (sulfide) groups is 1. The summed E-state index contributed by atoms with van der Waals surface area (Å²) in [5.41, 5.74) is 2.31. The van der Waals surface area contributed by atoms with E-state index in [1.54, 1.807) is 11.8 Å². The first kappa shape index (κ1) is 19.3. The summed E-state index contributed by atoms with van der Waals surface area (Å²) in [6, 6.07) is 8.16. The average molecular weight is 457 g/mol. The quantitative estimate of drug-likeness (QED) is 0.687. The highest BCUT2D eigenvalue weighted by Crippen LogP contribution is 2.68. The number of aryl methyl sites for hydroxylation is 1. The molecule has 2 aromatic rings. The van der Waals surface area contributed by atoms with Crippen molar-refractivity contribution in [2.24, 2.45) is 29.6 Å². The fraction of sp³-hybridized carbons (Fsp3) is 0.455. The summed E-state index contributed by atoms with van der Waals surface area (Å²) in [7, 11) is 0. The van der Waals surface area contributed by atoms with Crippen molar-refractivity contribution in [3.8, 4) is 0 Å². The smallest absolute Gasteiger partial charge is 0.323 e. The Morgan fingerprint density at radius 1 is 1.16 bits per heavy atom. The first-order chi connectivity index (χ1) is 14.9. The van der Waals surface area contributed by atoms with E-state index in [-0.39, 0.29) is 45.6 Å². The Hall–Kier alpha value is -2.39. The van der Waals surface area contributed by atoms with Crippen molar-refractivity contribution >= 4 is 40.9 Å². The summed E-state index contributed by atoms with van der Waals surface area (Å²) in [5, 5.41) is 10.2. The van der Waals surface area contributed by atoms with Gasteiger partial charge in [0.05, 0.1) is 16.9 Å². The van der Waals surface area contributed by atoms with E-state index in [0.717, 1.165) is 32.4 Å². The van der Waals surface area contributed by atoms with Crippen LogP contribution in [0.3, 0.4) is 0 Å². The second-order valence-corrected chi connectivity index (χ2v) is 11.2. The van der Waals surface area contributed by atoms with Gasteiger partial charge in [-0.1, -0.05) is 35.6 Å². The number of benzene rings is 1. The molecular weight excluding hydrogens is 436 g/mol. The van der Waals surface area contributed by atoms with Crippen LogP contribution < -0.4 is 4.87 Å². The minimum absolute atomic E-state index is 0.00113. The maximum atomic E-state index is 13.1.